The molecule has 2 atom stereocenters. The van der Waals surface area contributed by atoms with Gasteiger partial charge in [0.05, 0.1) is 11.9 Å². The maximum Gasteiger partial charge on any atom is 1.00 e. The van der Waals surface area contributed by atoms with Crippen LogP contribution < -0.4 is 113 Å². The largest absolute Gasteiger partial charge is 1.00 e. The van der Waals surface area contributed by atoms with Gasteiger partial charge in [-0.1, -0.05) is 0 Å². The molecule has 0 spiro atoms. The number of carbonyl (C=O) groups is 2. The van der Waals surface area contributed by atoms with Gasteiger partial charge < -0.3 is 46.4 Å². The van der Waals surface area contributed by atoms with Crippen LogP contribution in [-0.4, -0.2) is 50.8 Å². The molecule has 0 aromatic carbocycles. The van der Waals surface area contributed by atoms with Crippen LogP contribution >= 0.6 is 0 Å². The van der Waals surface area contributed by atoms with Crippen LogP contribution in [0.25, 0.3) is 0 Å². The van der Waals surface area contributed by atoms with Gasteiger partial charge in [0.2, 0.25) is 0 Å². The van der Waals surface area contributed by atoms with Crippen molar-refractivity contribution < 1.29 is 149 Å². The fourth-order valence-corrected chi connectivity index (χ4v) is 0.258. The van der Waals surface area contributed by atoms with Gasteiger partial charge in [-0.05, 0) is 0 Å². The first-order valence-corrected chi connectivity index (χ1v) is 2.24. The van der Waals surface area contributed by atoms with Crippen LogP contribution in [0.5, 0.6) is 0 Å². The van der Waals surface area contributed by atoms with E-state index in [1.165, 1.54) is 0 Å². The first-order chi connectivity index (χ1) is 4.46. The Hall–Kier alpha value is 2.01. The summed E-state index contributed by atoms with van der Waals surface area (Å²) in [6.07, 6.45) is -4.88. The Balaban J connectivity index is -0.0000000405. The minimum Gasteiger partial charge on any atom is -0.547 e. The zero-order valence-corrected chi connectivity index (χ0v) is 14.4. The third kappa shape index (κ3) is 16.0. The molecule has 0 radical (unpaired) electrons. The molecule has 0 rings (SSSR count). The molecule has 9 nitrogen and oxygen atoms in total. The van der Waals surface area contributed by atoms with E-state index in [0.29, 0.717) is 0 Å². The van der Waals surface area contributed by atoms with E-state index < -0.39 is 24.1 Å². The van der Waals surface area contributed by atoms with Gasteiger partial charge in [0.25, 0.3) is 0 Å². The van der Waals surface area contributed by atoms with Crippen molar-refractivity contribution in [1.82, 2.24) is 0 Å². The second-order valence-electron chi connectivity index (χ2n) is 1.53. The SMILES string of the molecule is O.O.O.O=C([O-])C(O)C(O)C(=O)[O-].[K+].[K+]. The number of hydrogen-bond donors (Lipinski definition) is 2. The Morgan fingerprint density at radius 2 is 0.933 bits per heavy atom. The topological polar surface area (TPSA) is 215 Å². The molecule has 0 bridgehead atoms. The van der Waals surface area contributed by atoms with E-state index >= 15 is 0 Å². The maximum atomic E-state index is 9.63. The molecular weight excluding hydrogens is 270 g/mol. The predicted octanol–water partition coefficient (Wildman–Crippen LogP) is -13.3. The summed E-state index contributed by atoms with van der Waals surface area (Å²) < 4.78 is 0. The first-order valence-electron chi connectivity index (χ1n) is 2.24. The van der Waals surface area contributed by atoms with Crippen molar-refractivity contribution in [3.63, 3.8) is 0 Å². The predicted molar refractivity (Wildman–Crippen MR) is 32.9 cm³/mol. The van der Waals surface area contributed by atoms with Crippen molar-refractivity contribution in [3.8, 4) is 0 Å². The van der Waals surface area contributed by atoms with Crippen molar-refractivity contribution >= 4 is 11.9 Å². The molecule has 0 aromatic rings. The molecule has 15 heavy (non-hydrogen) atoms. The summed E-state index contributed by atoms with van der Waals surface area (Å²) in [5.41, 5.74) is 0. The molecule has 82 valence electrons. The average Bonchev–Trinajstić information content (AvgIpc) is 1.84. The fourth-order valence-electron chi connectivity index (χ4n) is 0.258. The van der Waals surface area contributed by atoms with Crippen LogP contribution in [0.15, 0.2) is 0 Å². The van der Waals surface area contributed by atoms with E-state index in [9.17, 15) is 19.8 Å². The van der Waals surface area contributed by atoms with Crippen molar-refractivity contribution in [2.75, 3.05) is 0 Å². The Morgan fingerprint density at radius 1 is 0.800 bits per heavy atom. The van der Waals surface area contributed by atoms with Gasteiger partial charge >= 0.3 is 103 Å². The van der Waals surface area contributed by atoms with Gasteiger partial charge in [0.1, 0.15) is 12.2 Å². The molecular formula is C4H10K2O9. The molecule has 0 saturated heterocycles. The zero-order valence-electron chi connectivity index (χ0n) is 8.18. The molecule has 0 aliphatic carbocycles. The average molecular weight is 280 g/mol. The molecule has 0 aliphatic rings. The molecule has 0 saturated carbocycles. The number of hydrogen-bond acceptors (Lipinski definition) is 6. The number of aliphatic hydroxyl groups excluding tert-OH is 2. The number of aliphatic carboxylic acids is 2. The van der Waals surface area contributed by atoms with Gasteiger partial charge in [0.15, 0.2) is 0 Å². The Bertz CT molecular complexity index is 144. The standard InChI is InChI=1S/C4H6O6.2K.3H2O/c5-1(3(7)8)2(6)4(9)10;;;;;/h1-2,5-6H,(H,7,8)(H,9,10);;;3*1H2/q;2*+1;;;/p-2. The minimum absolute atomic E-state index is 0. The second-order valence-corrected chi connectivity index (χ2v) is 1.53. The van der Waals surface area contributed by atoms with Crippen LogP contribution in [-0.2, 0) is 9.59 Å². The van der Waals surface area contributed by atoms with Crippen LogP contribution in [0.4, 0.5) is 0 Å². The van der Waals surface area contributed by atoms with Gasteiger partial charge in [-0.3, -0.25) is 0 Å². The van der Waals surface area contributed by atoms with Crippen LogP contribution in [0.1, 0.15) is 0 Å². The second kappa shape index (κ2) is 18.4. The number of aliphatic hydroxyl groups is 2. The van der Waals surface area contributed by atoms with Crippen LogP contribution in [0, 0.1) is 0 Å². The number of rotatable bonds is 3. The summed E-state index contributed by atoms with van der Waals surface area (Å²) in [4.78, 5) is 19.3. The first kappa shape index (κ1) is 36.0. The third-order valence-electron chi connectivity index (χ3n) is 0.782. The Labute approximate surface area is 170 Å². The van der Waals surface area contributed by atoms with Crippen molar-refractivity contribution in [2.45, 2.75) is 12.2 Å². The smallest absolute Gasteiger partial charge is 0.547 e. The van der Waals surface area contributed by atoms with Crippen LogP contribution in [0.3, 0.4) is 0 Å². The monoisotopic (exact) mass is 280 g/mol. The van der Waals surface area contributed by atoms with E-state index in [0.717, 1.165) is 0 Å². The summed E-state index contributed by atoms with van der Waals surface area (Å²) in [5, 5.41) is 35.7. The van der Waals surface area contributed by atoms with Gasteiger partial charge in [-0.25, -0.2) is 0 Å². The number of carboxylic acid groups (broad SMARTS) is 2. The quantitative estimate of drug-likeness (QED) is 0.478. The molecule has 8 N–H and O–H groups in total. The maximum absolute atomic E-state index is 9.63. The van der Waals surface area contributed by atoms with Crippen LogP contribution in [0.2, 0.25) is 0 Å². The fraction of sp³-hybridized carbons (Fsp3) is 0.500. The van der Waals surface area contributed by atoms with Crippen molar-refractivity contribution in [3.05, 3.63) is 0 Å². The Kier molecular flexibility index (Phi) is 44.1. The molecule has 0 amide bonds. The molecule has 11 heteroatoms. The zero-order chi connectivity index (χ0) is 8.31. The van der Waals surface area contributed by atoms with Crippen molar-refractivity contribution in [1.29, 1.82) is 0 Å². The minimum atomic E-state index is -2.44. The van der Waals surface area contributed by atoms with Crippen molar-refractivity contribution in [2.24, 2.45) is 0 Å². The summed E-state index contributed by atoms with van der Waals surface area (Å²) in [7, 11) is 0. The van der Waals surface area contributed by atoms with Gasteiger partial charge in [-0.2, -0.15) is 0 Å². The third-order valence-corrected chi connectivity index (χ3v) is 0.782. The van der Waals surface area contributed by atoms with Gasteiger partial charge in [0, 0.05) is 0 Å². The van der Waals surface area contributed by atoms with E-state index in [1.807, 2.05) is 0 Å². The molecule has 0 fully saturated rings. The summed E-state index contributed by atoms with van der Waals surface area (Å²) in [6, 6.07) is 0. The summed E-state index contributed by atoms with van der Waals surface area (Å²) >= 11 is 0. The Morgan fingerprint density at radius 3 is 1.00 bits per heavy atom. The number of carboxylic acids is 2. The molecule has 0 aliphatic heterocycles. The van der Waals surface area contributed by atoms with E-state index in [2.05, 4.69) is 0 Å². The molecule has 0 heterocycles. The molecule has 2 unspecified atom stereocenters. The van der Waals surface area contributed by atoms with E-state index in [1.54, 1.807) is 0 Å². The van der Waals surface area contributed by atoms with E-state index in [4.69, 9.17) is 10.2 Å². The number of carbonyl (C=O) groups excluding carboxylic acids is 2. The summed E-state index contributed by atoms with van der Waals surface area (Å²) in [5.74, 6) is -4.12. The summed E-state index contributed by atoms with van der Waals surface area (Å²) in [6.45, 7) is 0. The molecule has 0 aromatic heterocycles. The van der Waals surface area contributed by atoms with E-state index in [-0.39, 0.29) is 119 Å². The normalized spacial score (nSPS) is 10.5. The van der Waals surface area contributed by atoms with Gasteiger partial charge in [-0.15, -0.1) is 0 Å².